The number of hydrogen-bond acceptors (Lipinski definition) is 4. The fourth-order valence-electron chi connectivity index (χ4n) is 4.27. The number of nitrogens with two attached hydrogens (primary N) is 1. The van der Waals surface area contributed by atoms with Crippen molar-refractivity contribution in [3.63, 3.8) is 0 Å². The first-order valence-corrected chi connectivity index (χ1v) is 11.0. The predicted octanol–water partition coefficient (Wildman–Crippen LogP) is 4.75. The van der Waals surface area contributed by atoms with Crippen LogP contribution in [0.2, 0.25) is 0 Å². The summed E-state index contributed by atoms with van der Waals surface area (Å²) < 4.78 is 1.06. The number of aryl methyl sites for hydroxylation is 1. The molecule has 2 amide bonds. The monoisotopic (exact) mass is 427 g/mol. The lowest BCUT2D eigenvalue weighted by atomic mass is 9.91. The van der Waals surface area contributed by atoms with Crippen molar-refractivity contribution in [2.75, 3.05) is 5.32 Å². The van der Waals surface area contributed by atoms with Gasteiger partial charge in [0.15, 0.2) is 0 Å². The minimum Gasteiger partial charge on any atom is -0.341 e. The van der Waals surface area contributed by atoms with Gasteiger partial charge in [0.2, 0.25) is 0 Å². The molecule has 4 N–H and O–H groups in total. The molecule has 0 bridgehead atoms. The number of hydrogen-bond donors (Lipinski definition) is 3. The van der Waals surface area contributed by atoms with Crippen LogP contribution in [0.15, 0.2) is 66.0 Å². The standard InChI is InChI=1S/C25H21N3O2S/c1-14-6-2-3-7-16(14)23-22-19(11-10-15(12-26)21(22)25(30)28-23)27-24(29)18-13-31-20-9-5-4-8-17(18)20/h2-11,13,23H,12,26H2,1H3,(H,27,29)(H,28,30). The lowest BCUT2D eigenvalue weighted by Gasteiger charge is -2.19. The van der Waals surface area contributed by atoms with Crippen molar-refractivity contribution in [1.82, 2.24) is 5.32 Å². The third-order valence-electron chi connectivity index (χ3n) is 5.82. The van der Waals surface area contributed by atoms with Crippen LogP contribution in [0, 0.1) is 6.92 Å². The van der Waals surface area contributed by atoms with Crippen LogP contribution in [-0.4, -0.2) is 11.8 Å². The number of rotatable bonds is 4. The van der Waals surface area contributed by atoms with E-state index in [1.54, 1.807) is 11.3 Å². The van der Waals surface area contributed by atoms with E-state index in [2.05, 4.69) is 10.6 Å². The van der Waals surface area contributed by atoms with Crippen LogP contribution in [0.5, 0.6) is 0 Å². The van der Waals surface area contributed by atoms with Crippen molar-refractivity contribution in [2.24, 2.45) is 5.73 Å². The van der Waals surface area contributed by atoms with Gasteiger partial charge in [0.25, 0.3) is 11.8 Å². The van der Waals surface area contributed by atoms with Gasteiger partial charge in [-0.1, -0.05) is 48.5 Å². The molecule has 3 aromatic carbocycles. The van der Waals surface area contributed by atoms with E-state index >= 15 is 0 Å². The van der Waals surface area contributed by atoms with Gasteiger partial charge in [0.1, 0.15) is 0 Å². The highest BCUT2D eigenvalue weighted by Gasteiger charge is 2.35. The zero-order valence-electron chi connectivity index (χ0n) is 16.9. The number of nitrogens with one attached hydrogen (secondary N) is 2. The summed E-state index contributed by atoms with van der Waals surface area (Å²) in [5.74, 6) is -0.358. The molecule has 0 aliphatic carbocycles. The van der Waals surface area contributed by atoms with Gasteiger partial charge in [-0.05, 0) is 35.7 Å². The van der Waals surface area contributed by atoms with Gasteiger partial charge in [0, 0.05) is 33.3 Å². The van der Waals surface area contributed by atoms with Crippen LogP contribution in [0.25, 0.3) is 10.1 Å². The molecule has 6 heteroatoms. The SMILES string of the molecule is Cc1ccccc1C1NC(=O)c2c(CN)ccc(NC(=O)c3csc4ccccc34)c21. The quantitative estimate of drug-likeness (QED) is 0.439. The summed E-state index contributed by atoms with van der Waals surface area (Å²) in [6.07, 6.45) is 0. The molecule has 5 rings (SSSR count). The van der Waals surface area contributed by atoms with Gasteiger partial charge < -0.3 is 16.4 Å². The highest BCUT2D eigenvalue weighted by atomic mass is 32.1. The van der Waals surface area contributed by atoms with E-state index in [-0.39, 0.29) is 24.4 Å². The van der Waals surface area contributed by atoms with Crippen LogP contribution >= 0.6 is 11.3 Å². The second-order valence-electron chi connectivity index (χ2n) is 7.63. The van der Waals surface area contributed by atoms with Crippen molar-refractivity contribution in [1.29, 1.82) is 0 Å². The van der Waals surface area contributed by atoms with E-state index in [1.807, 2.05) is 73.0 Å². The van der Waals surface area contributed by atoms with Gasteiger partial charge in [-0.15, -0.1) is 11.3 Å². The van der Waals surface area contributed by atoms with E-state index in [1.165, 1.54) is 0 Å². The van der Waals surface area contributed by atoms with E-state index in [4.69, 9.17) is 5.73 Å². The van der Waals surface area contributed by atoms with Crippen LogP contribution in [0.1, 0.15) is 49.0 Å². The number of fused-ring (bicyclic) bond motifs is 2. The third-order valence-corrected chi connectivity index (χ3v) is 6.78. The Balaban J connectivity index is 1.61. The predicted molar refractivity (Wildman–Crippen MR) is 125 cm³/mol. The fraction of sp³-hybridized carbons (Fsp3) is 0.120. The maximum atomic E-state index is 13.2. The van der Waals surface area contributed by atoms with Crippen molar-refractivity contribution < 1.29 is 9.59 Å². The molecular weight excluding hydrogens is 406 g/mol. The lowest BCUT2D eigenvalue weighted by Crippen LogP contribution is -2.21. The molecule has 1 aliphatic heterocycles. The summed E-state index contributed by atoms with van der Waals surface area (Å²) in [6.45, 7) is 2.27. The first-order chi connectivity index (χ1) is 15.1. The number of benzene rings is 3. The van der Waals surface area contributed by atoms with E-state index in [9.17, 15) is 9.59 Å². The Morgan fingerprint density at radius 3 is 2.68 bits per heavy atom. The summed E-state index contributed by atoms with van der Waals surface area (Å²) in [7, 11) is 0. The molecule has 4 aromatic rings. The van der Waals surface area contributed by atoms with Gasteiger partial charge >= 0.3 is 0 Å². The second kappa shape index (κ2) is 7.65. The molecule has 2 heterocycles. The van der Waals surface area contributed by atoms with Crippen LogP contribution in [0.3, 0.4) is 0 Å². The van der Waals surface area contributed by atoms with Crippen molar-refractivity contribution in [2.45, 2.75) is 19.5 Å². The van der Waals surface area contributed by atoms with E-state index in [0.717, 1.165) is 32.3 Å². The Labute approximate surface area is 183 Å². The maximum Gasteiger partial charge on any atom is 0.257 e. The number of thiophene rings is 1. The Morgan fingerprint density at radius 1 is 1.10 bits per heavy atom. The van der Waals surface area contributed by atoms with Crippen molar-refractivity contribution in [3.8, 4) is 0 Å². The molecule has 0 saturated heterocycles. The summed E-state index contributed by atoms with van der Waals surface area (Å²) in [4.78, 5) is 26.1. The Morgan fingerprint density at radius 2 is 1.87 bits per heavy atom. The van der Waals surface area contributed by atoms with Crippen LogP contribution in [-0.2, 0) is 6.54 Å². The first kappa shape index (κ1) is 19.5. The summed E-state index contributed by atoms with van der Waals surface area (Å²) in [5, 5.41) is 8.94. The molecular formula is C25H21N3O2S. The number of amides is 2. The zero-order chi connectivity index (χ0) is 21.5. The highest BCUT2D eigenvalue weighted by molar-refractivity contribution is 7.17. The normalized spacial score (nSPS) is 15.0. The average molecular weight is 428 g/mol. The molecule has 154 valence electrons. The molecule has 31 heavy (non-hydrogen) atoms. The summed E-state index contributed by atoms with van der Waals surface area (Å²) in [6, 6.07) is 19.1. The van der Waals surface area contributed by atoms with E-state index < -0.39 is 0 Å². The molecule has 1 aromatic heterocycles. The molecule has 1 atom stereocenters. The lowest BCUT2D eigenvalue weighted by molar-refractivity contribution is 0.0958. The molecule has 1 unspecified atom stereocenters. The first-order valence-electron chi connectivity index (χ1n) is 10.1. The molecule has 5 nitrogen and oxygen atoms in total. The summed E-state index contributed by atoms with van der Waals surface area (Å²) in [5.41, 5.74) is 11.3. The molecule has 0 radical (unpaired) electrons. The van der Waals surface area contributed by atoms with Gasteiger partial charge in [0.05, 0.1) is 17.2 Å². The van der Waals surface area contributed by atoms with Crippen LogP contribution in [0.4, 0.5) is 5.69 Å². The Kier molecular flexibility index (Phi) is 4.81. The van der Waals surface area contributed by atoms with Crippen LogP contribution < -0.4 is 16.4 Å². The second-order valence-corrected chi connectivity index (χ2v) is 8.54. The molecule has 1 aliphatic rings. The molecule has 0 fully saturated rings. The maximum absolute atomic E-state index is 13.2. The number of carbonyl (C=O) groups is 2. The van der Waals surface area contributed by atoms with E-state index in [0.29, 0.717) is 16.8 Å². The molecule has 0 spiro atoms. The number of carbonyl (C=O) groups excluding carboxylic acids is 2. The van der Waals surface area contributed by atoms with Gasteiger partial charge in [-0.2, -0.15) is 0 Å². The van der Waals surface area contributed by atoms with Crippen molar-refractivity contribution in [3.05, 3.63) is 99.4 Å². The van der Waals surface area contributed by atoms with Gasteiger partial charge in [-0.25, -0.2) is 0 Å². The smallest absolute Gasteiger partial charge is 0.257 e. The average Bonchev–Trinajstić information content (AvgIpc) is 3.36. The summed E-state index contributed by atoms with van der Waals surface area (Å²) >= 11 is 1.54. The minimum absolute atomic E-state index is 0.166. The topological polar surface area (TPSA) is 84.2 Å². The highest BCUT2D eigenvalue weighted by Crippen LogP contribution is 2.39. The number of anilines is 1. The van der Waals surface area contributed by atoms with Crippen molar-refractivity contribution >= 4 is 38.9 Å². The zero-order valence-corrected chi connectivity index (χ0v) is 17.8. The fourth-order valence-corrected chi connectivity index (χ4v) is 5.22. The van der Waals surface area contributed by atoms with Gasteiger partial charge in [-0.3, -0.25) is 9.59 Å². The minimum atomic E-state index is -0.343. The molecule has 0 saturated carbocycles. The third kappa shape index (κ3) is 3.21. The Hall–Kier alpha value is -3.48. The largest absolute Gasteiger partial charge is 0.341 e. The Bertz CT molecular complexity index is 1340.